The standard InChI is InChI=1S/C20H26N4O4/c1-13(22(2)3)19(25)23-10-9-17-16(12-23)18(20(26)27)21-24(17)11-14-5-7-15(28-4)8-6-14/h5-8,13H,9-12H2,1-4H3,(H,26,27). The van der Waals surface area contributed by atoms with Crippen LogP contribution in [0.1, 0.15) is 34.2 Å². The van der Waals surface area contributed by atoms with Crippen LogP contribution in [0.4, 0.5) is 0 Å². The Morgan fingerprint density at radius 3 is 2.54 bits per heavy atom. The van der Waals surface area contributed by atoms with E-state index in [9.17, 15) is 14.7 Å². The molecule has 2 aromatic rings. The maximum absolute atomic E-state index is 12.7. The summed E-state index contributed by atoms with van der Waals surface area (Å²) < 4.78 is 6.92. The molecule has 2 heterocycles. The number of carbonyl (C=O) groups excluding carboxylic acids is 1. The van der Waals surface area contributed by atoms with Gasteiger partial charge < -0.3 is 14.7 Å². The number of nitrogens with zero attached hydrogens (tertiary/aromatic N) is 4. The second-order valence-electron chi connectivity index (χ2n) is 7.23. The van der Waals surface area contributed by atoms with Crippen LogP contribution in [-0.4, -0.2) is 70.4 Å². The molecule has 0 bridgehead atoms. The minimum atomic E-state index is -1.07. The summed E-state index contributed by atoms with van der Waals surface area (Å²) in [4.78, 5) is 28.0. The van der Waals surface area contributed by atoms with E-state index in [0.29, 0.717) is 25.1 Å². The highest BCUT2D eigenvalue weighted by molar-refractivity contribution is 5.88. The second kappa shape index (κ2) is 8.02. The predicted molar refractivity (Wildman–Crippen MR) is 104 cm³/mol. The number of methoxy groups -OCH3 is 1. The summed E-state index contributed by atoms with van der Waals surface area (Å²) >= 11 is 0. The van der Waals surface area contributed by atoms with Crippen molar-refractivity contribution in [3.05, 3.63) is 46.8 Å². The molecule has 8 nitrogen and oxygen atoms in total. The van der Waals surface area contributed by atoms with Crippen molar-refractivity contribution >= 4 is 11.9 Å². The Labute approximate surface area is 164 Å². The first-order valence-corrected chi connectivity index (χ1v) is 9.21. The maximum Gasteiger partial charge on any atom is 0.356 e. The third-order valence-corrected chi connectivity index (χ3v) is 5.27. The van der Waals surface area contributed by atoms with Crippen LogP contribution < -0.4 is 4.74 Å². The van der Waals surface area contributed by atoms with E-state index < -0.39 is 5.97 Å². The zero-order valence-corrected chi connectivity index (χ0v) is 16.7. The molecule has 1 unspecified atom stereocenters. The lowest BCUT2D eigenvalue weighted by Gasteiger charge is -2.31. The third-order valence-electron chi connectivity index (χ3n) is 5.27. The molecular formula is C20H26N4O4. The highest BCUT2D eigenvalue weighted by Crippen LogP contribution is 2.25. The van der Waals surface area contributed by atoms with Gasteiger partial charge in [-0.25, -0.2) is 4.79 Å². The Morgan fingerprint density at radius 2 is 1.96 bits per heavy atom. The highest BCUT2D eigenvalue weighted by Gasteiger charge is 2.32. The third kappa shape index (κ3) is 3.87. The first-order valence-electron chi connectivity index (χ1n) is 9.21. The fourth-order valence-electron chi connectivity index (χ4n) is 3.37. The Hall–Kier alpha value is -2.87. The molecule has 0 fully saturated rings. The average Bonchev–Trinajstić information content (AvgIpc) is 3.05. The first-order chi connectivity index (χ1) is 13.3. The normalized spacial score (nSPS) is 14.7. The largest absolute Gasteiger partial charge is 0.497 e. The van der Waals surface area contributed by atoms with Gasteiger partial charge in [-0.15, -0.1) is 0 Å². The molecule has 0 saturated carbocycles. The summed E-state index contributed by atoms with van der Waals surface area (Å²) in [5.41, 5.74) is 2.54. The van der Waals surface area contributed by atoms with Crippen molar-refractivity contribution in [3.63, 3.8) is 0 Å². The molecule has 1 aromatic carbocycles. The molecule has 1 atom stereocenters. The smallest absolute Gasteiger partial charge is 0.356 e. The number of hydrogen-bond acceptors (Lipinski definition) is 5. The van der Waals surface area contributed by atoms with Gasteiger partial charge >= 0.3 is 5.97 Å². The van der Waals surface area contributed by atoms with E-state index in [2.05, 4.69) is 5.10 Å². The van der Waals surface area contributed by atoms with Gasteiger partial charge in [-0.2, -0.15) is 5.10 Å². The monoisotopic (exact) mass is 386 g/mol. The molecule has 8 heteroatoms. The summed E-state index contributed by atoms with van der Waals surface area (Å²) in [5.74, 6) is -0.309. The number of carbonyl (C=O) groups is 2. The van der Waals surface area contributed by atoms with Crippen molar-refractivity contribution in [3.8, 4) is 5.75 Å². The Morgan fingerprint density at radius 1 is 1.29 bits per heavy atom. The molecule has 0 aliphatic carbocycles. The molecule has 1 aromatic heterocycles. The molecule has 1 N–H and O–H groups in total. The number of ether oxygens (including phenoxy) is 1. The number of carboxylic acids is 1. The second-order valence-corrected chi connectivity index (χ2v) is 7.23. The molecule has 3 rings (SSSR count). The van der Waals surface area contributed by atoms with Gasteiger partial charge in [0.1, 0.15) is 5.75 Å². The van der Waals surface area contributed by atoms with Gasteiger partial charge in [-0.1, -0.05) is 12.1 Å². The van der Waals surface area contributed by atoms with Crippen molar-refractivity contribution < 1.29 is 19.4 Å². The molecule has 1 aliphatic rings. The number of aromatic nitrogens is 2. The molecule has 0 spiro atoms. The van der Waals surface area contributed by atoms with Crippen molar-refractivity contribution in [2.45, 2.75) is 32.5 Å². The van der Waals surface area contributed by atoms with Crippen LogP contribution in [0, 0.1) is 0 Å². The minimum absolute atomic E-state index is 0.00473. The molecule has 1 aliphatic heterocycles. The van der Waals surface area contributed by atoms with Gasteiger partial charge in [0.15, 0.2) is 5.69 Å². The molecule has 28 heavy (non-hydrogen) atoms. The van der Waals surface area contributed by atoms with Gasteiger partial charge in [0.2, 0.25) is 5.91 Å². The summed E-state index contributed by atoms with van der Waals surface area (Å²) in [6.07, 6.45) is 0.581. The van der Waals surface area contributed by atoms with Gasteiger partial charge in [-0.05, 0) is 38.7 Å². The van der Waals surface area contributed by atoms with E-state index in [1.54, 1.807) is 16.7 Å². The number of rotatable bonds is 6. The van der Waals surface area contributed by atoms with E-state index in [-0.39, 0.29) is 24.2 Å². The quantitative estimate of drug-likeness (QED) is 0.809. The SMILES string of the molecule is COc1ccc(Cn2nc(C(=O)O)c3c2CCN(C(=O)C(C)N(C)C)C3)cc1. The summed E-state index contributed by atoms with van der Waals surface area (Å²) in [7, 11) is 5.32. The molecular weight excluding hydrogens is 360 g/mol. The number of fused-ring (bicyclic) bond motifs is 1. The zero-order valence-electron chi connectivity index (χ0n) is 16.7. The van der Waals surface area contributed by atoms with E-state index in [4.69, 9.17) is 4.74 Å². The number of amides is 1. The van der Waals surface area contributed by atoms with Crippen LogP contribution in [0.3, 0.4) is 0 Å². The number of benzene rings is 1. The van der Waals surface area contributed by atoms with E-state index in [1.165, 1.54) is 0 Å². The van der Waals surface area contributed by atoms with Crippen molar-refractivity contribution in [2.24, 2.45) is 0 Å². The van der Waals surface area contributed by atoms with Gasteiger partial charge in [0.25, 0.3) is 0 Å². The van der Waals surface area contributed by atoms with Gasteiger partial charge in [-0.3, -0.25) is 14.4 Å². The van der Waals surface area contributed by atoms with E-state index in [1.807, 2.05) is 50.2 Å². The van der Waals surface area contributed by atoms with E-state index >= 15 is 0 Å². The summed E-state index contributed by atoms with van der Waals surface area (Å²) in [5, 5.41) is 13.9. The maximum atomic E-state index is 12.7. The van der Waals surface area contributed by atoms with Crippen molar-refractivity contribution in [1.82, 2.24) is 19.6 Å². The first kappa shape index (κ1) is 19.9. The lowest BCUT2D eigenvalue weighted by Crippen LogP contribution is -2.46. The molecule has 0 saturated heterocycles. The van der Waals surface area contributed by atoms with Crippen LogP contribution in [0.25, 0.3) is 0 Å². The van der Waals surface area contributed by atoms with Crippen LogP contribution >= 0.6 is 0 Å². The number of hydrogen-bond donors (Lipinski definition) is 1. The fourth-order valence-corrected chi connectivity index (χ4v) is 3.37. The van der Waals surface area contributed by atoms with Crippen LogP contribution in [0.5, 0.6) is 5.75 Å². The predicted octanol–water partition coefficient (Wildman–Crippen LogP) is 1.47. The molecule has 0 radical (unpaired) electrons. The number of likely N-dealkylation sites (N-methyl/N-ethyl adjacent to an activating group) is 1. The Kier molecular flexibility index (Phi) is 5.69. The van der Waals surface area contributed by atoms with Crippen molar-refractivity contribution in [2.75, 3.05) is 27.7 Å². The molecule has 1 amide bonds. The van der Waals surface area contributed by atoms with E-state index in [0.717, 1.165) is 17.0 Å². The number of carboxylic acid groups (broad SMARTS) is 1. The fraction of sp³-hybridized carbons (Fsp3) is 0.450. The van der Waals surface area contributed by atoms with Gasteiger partial charge in [0.05, 0.1) is 19.7 Å². The minimum Gasteiger partial charge on any atom is -0.497 e. The van der Waals surface area contributed by atoms with Crippen LogP contribution in [0.15, 0.2) is 24.3 Å². The average molecular weight is 386 g/mol. The van der Waals surface area contributed by atoms with Gasteiger partial charge in [0, 0.05) is 30.8 Å². The lowest BCUT2D eigenvalue weighted by molar-refractivity contribution is -0.136. The van der Waals surface area contributed by atoms with Crippen LogP contribution in [-0.2, 0) is 24.3 Å². The summed E-state index contributed by atoms with van der Waals surface area (Å²) in [6.45, 7) is 3.15. The lowest BCUT2D eigenvalue weighted by atomic mass is 10.0. The Bertz CT molecular complexity index is 873. The molecule has 150 valence electrons. The zero-order chi connectivity index (χ0) is 20.4. The highest BCUT2D eigenvalue weighted by atomic mass is 16.5. The summed E-state index contributed by atoms with van der Waals surface area (Å²) in [6, 6.07) is 7.35. The van der Waals surface area contributed by atoms with Crippen LogP contribution in [0.2, 0.25) is 0 Å². The Balaban J connectivity index is 1.87. The van der Waals surface area contributed by atoms with Crippen molar-refractivity contribution in [1.29, 1.82) is 0 Å². The number of aromatic carboxylic acids is 1. The topological polar surface area (TPSA) is 87.9 Å².